The zero-order valence-electron chi connectivity index (χ0n) is 17.8. The number of carbonyl (C=O) groups excluding carboxylic acids is 2. The van der Waals surface area contributed by atoms with Gasteiger partial charge in [0.15, 0.2) is 5.69 Å². The van der Waals surface area contributed by atoms with E-state index in [1.54, 1.807) is 12.4 Å². The molecule has 2 aromatic heterocycles. The van der Waals surface area contributed by atoms with Crippen LogP contribution in [0.25, 0.3) is 0 Å². The van der Waals surface area contributed by atoms with E-state index in [0.717, 1.165) is 37.6 Å². The summed E-state index contributed by atoms with van der Waals surface area (Å²) in [5.41, 5.74) is 2.26. The summed E-state index contributed by atoms with van der Waals surface area (Å²) in [6.45, 7) is 0.513. The maximum atomic E-state index is 13.3. The standard InChI is InChI=1S/C22H26N8O2/c1-24-21(31)19(27-9-13-2-3-13)18(8-23)30-22(32)20-17(28-15-10-25-12-26-11-15)7-6-16(29-20)14-4-5-14/h6-8,10-14,18,23,28H,2-5,9H2,1H3,(H,24,31)(H,30,32). The van der Waals surface area contributed by atoms with Gasteiger partial charge >= 0.3 is 0 Å². The summed E-state index contributed by atoms with van der Waals surface area (Å²) in [4.78, 5) is 42.6. The van der Waals surface area contributed by atoms with Crippen LogP contribution in [0.4, 0.5) is 11.4 Å². The van der Waals surface area contributed by atoms with E-state index in [-0.39, 0.29) is 11.4 Å². The van der Waals surface area contributed by atoms with Gasteiger partial charge in [0, 0.05) is 31.4 Å². The molecule has 0 radical (unpaired) electrons. The second kappa shape index (κ2) is 9.63. The van der Waals surface area contributed by atoms with Gasteiger partial charge in [-0.25, -0.2) is 15.0 Å². The molecule has 0 saturated heterocycles. The lowest BCUT2D eigenvalue weighted by Crippen LogP contribution is -2.48. The number of carbonyl (C=O) groups is 2. The molecule has 4 rings (SSSR count). The van der Waals surface area contributed by atoms with Crippen LogP contribution in [0, 0.1) is 11.3 Å². The van der Waals surface area contributed by atoms with Gasteiger partial charge in [0.1, 0.15) is 18.1 Å². The van der Waals surface area contributed by atoms with E-state index in [9.17, 15) is 9.59 Å². The zero-order chi connectivity index (χ0) is 22.5. The van der Waals surface area contributed by atoms with Gasteiger partial charge in [-0.05, 0) is 43.7 Å². The maximum Gasteiger partial charge on any atom is 0.272 e. The van der Waals surface area contributed by atoms with Crippen molar-refractivity contribution < 1.29 is 9.59 Å². The topological polar surface area (TPSA) is 145 Å². The Morgan fingerprint density at radius 1 is 1.22 bits per heavy atom. The van der Waals surface area contributed by atoms with Gasteiger partial charge in [0.25, 0.3) is 11.8 Å². The number of rotatable bonds is 10. The van der Waals surface area contributed by atoms with Gasteiger partial charge in [-0.3, -0.25) is 14.6 Å². The summed E-state index contributed by atoms with van der Waals surface area (Å²) < 4.78 is 0. The number of hydrogen-bond acceptors (Lipinski definition) is 8. The van der Waals surface area contributed by atoms with E-state index >= 15 is 0 Å². The first kappa shape index (κ1) is 21.5. The van der Waals surface area contributed by atoms with Crippen molar-refractivity contribution in [1.29, 1.82) is 5.41 Å². The molecule has 10 heteroatoms. The van der Waals surface area contributed by atoms with Gasteiger partial charge in [0.2, 0.25) is 0 Å². The summed E-state index contributed by atoms with van der Waals surface area (Å²) in [5.74, 6) is -0.0875. The number of nitrogens with zero attached hydrogens (tertiary/aromatic N) is 4. The van der Waals surface area contributed by atoms with E-state index in [0.29, 0.717) is 29.8 Å². The van der Waals surface area contributed by atoms with Gasteiger partial charge in [-0.1, -0.05) is 0 Å². The smallest absolute Gasteiger partial charge is 0.272 e. The van der Waals surface area contributed by atoms with Crippen LogP contribution in [0.5, 0.6) is 0 Å². The molecule has 2 aromatic rings. The highest BCUT2D eigenvalue weighted by atomic mass is 16.2. The summed E-state index contributed by atoms with van der Waals surface area (Å²) >= 11 is 0. The minimum Gasteiger partial charge on any atom is -0.354 e. The number of aliphatic imine (C=N–C) groups is 1. The molecule has 2 amide bonds. The Morgan fingerprint density at radius 2 is 1.97 bits per heavy atom. The second-order valence-corrected chi connectivity index (χ2v) is 8.02. The maximum absolute atomic E-state index is 13.3. The van der Waals surface area contributed by atoms with E-state index in [2.05, 4.69) is 35.9 Å². The van der Waals surface area contributed by atoms with E-state index in [1.807, 2.05) is 12.1 Å². The van der Waals surface area contributed by atoms with Gasteiger partial charge in [-0.2, -0.15) is 0 Å². The van der Waals surface area contributed by atoms with Gasteiger partial charge in [0.05, 0.1) is 23.8 Å². The van der Waals surface area contributed by atoms with Crippen LogP contribution in [-0.4, -0.2) is 58.3 Å². The van der Waals surface area contributed by atoms with Crippen LogP contribution >= 0.6 is 0 Å². The van der Waals surface area contributed by atoms with Crippen molar-refractivity contribution in [2.75, 3.05) is 18.9 Å². The molecular formula is C22H26N8O2. The second-order valence-electron chi connectivity index (χ2n) is 8.02. The molecule has 10 nitrogen and oxygen atoms in total. The zero-order valence-corrected chi connectivity index (χ0v) is 17.8. The molecule has 2 fully saturated rings. The highest BCUT2D eigenvalue weighted by molar-refractivity contribution is 6.44. The molecule has 2 aliphatic carbocycles. The number of amides is 2. The Bertz CT molecular complexity index is 1030. The molecule has 0 bridgehead atoms. The molecule has 166 valence electrons. The SMILES string of the molecule is CNC(=O)C(=NCC1CC1)C(C=N)NC(=O)c1nc(C2CC2)ccc1Nc1cncnc1. The molecule has 2 heterocycles. The Balaban J connectivity index is 1.59. The van der Waals surface area contributed by atoms with Crippen LogP contribution < -0.4 is 16.0 Å². The van der Waals surface area contributed by atoms with Crippen LogP contribution in [0.1, 0.15) is 47.8 Å². The number of nitrogens with one attached hydrogen (secondary N) is 4. The lowest BCUT2D eigenvalue weighted by Gasteiger charge is -2.18. The molecular weight excluding hydrogens is 408 g/mol. The van der Waals surface area contributed by atoms with Crippen molar-refractivity contribution in [2.24, 2.45) is 10.9 Å². The molecule has 0 aliphatic heterocycles. The third-order valence-electron chi connectivity index (χ3n) is 5.39. The molecule has 2 saturated carbocycles. The van der Waals surface area contributed by atoms with Crippen molar-refractivity contribution >= 4 is 35.1 Å². The summed E-state index contributed by atoms with van der Waals surface area (Å²) in [7, 11) is 1.50. The lowest BCUT2D eigenvalue weighted by atomic mass is 10.1. The van der Waals surface area contributed by atoms with Crippen molar-refractivity contribution in [1.82, 2.24) is 25.6 Å². The number of anilines is 2. The van der Waals surface area contributed by atoms with Crippen molar-refractivity contribution in [3.63, 3.8) is 0 Å². The highest BCUT2D eigenvalue weighted by Gasteiger charge is 2.29. The summed E-state index contributed by atoms with van der Waals surface area (Å²) in [5, 5.41) is 16.2. The van der Waals surface area contributed by atoms with E-state index in [4.69, 9.17) is 5.41 Å². The van der Waals surface area contributed by atoms with E-state index < -0.39 is 17.9 Å². The van der Waals surface area contributed by atoms with Crippen LogP contribution in [0.3, 0.4) is 0 Å². The minimum absolute atomic E-state index is 0.118. The summed E-state index contributed by atoms with van der Waals surface area (Å²) in [6, 6.07) is 2.75. The van der Waals surface area contributed by atoms with Crippen molar-refractivity contribution in [2.45, 2.75) is 37.6 Å². The average Bonchev–Trinajstić information content (AvgIpc) is 3.73. The van der Waals surface area contributed by atoms with Crippen molar-refractivity contribution in [3.05, 3.63) is 42.2 Å². The van der Waals surface area contributed by atoms with Crippen LogP contribution in [-0.2, 0) is 4.79 Å². The largest absolute Gasteiger partial charge is 0.354 e. The number of aromatic nitrogens is 3. The van der Waals surface area contributed by atoms with Crippen LogP contribution in [0.15, 0.2) is 35.8 Å². The van der Waals surface area contributed by atoms with E-state index in [1.165, 1.54) is 13.4 Å². The molecule has 1 unspecified atom stereocenters. The minimum atomic E-state index is -0.958. The molecule has 0 spiro atoms. The fourth-order valence-corrected chi connectivity index (χ4v) is 3.24. The van der Waals surface area contributed by atoms with Gasteiger partial charge in [-0.15, -0.1) is 0 Å². The number of pyridine rings is 1. The van der Waals surface area contributed by atoms with Crippen molar-refractivity contribution in [3.8, 4) is 0 Å². The third-order valence-corrected chi connectivity index (χ3v) is 5.39. The first-order valence-electron chi connectivity index (χ1n) is 10.7. The third kappa shape index (κ3) is 5.32. The van der Waals surface area contributed by atoms with Gasteiger partial charge < -0.3 is 21.4 Å². The first-order chi connectivity index (χ1) is 15.6. The lowest BCUT2D eigenvalue weighted by molar-refractivity contribution is -0.114. The Hall–Kier alpha value is -3.69. The normalized spacial score (nSPS) is 16.7. The fraction of sp³-hybridized carbons (Fsp3) is 0.409. The Morgan fingerprint density at radius 3 is 2.59 bits per heavy atom. The average molecular weight is 435 g/mol. The predicted octanol–water partition coefficient (Wildman–Crippen LogP) is 1.84. The quantitative estimate of drug-likeness (QED) is 0.420. The highest BCUT2D eigenvalue weighted by Crippen LogP contribution is 2.39. The molecule has 1 atom stereocenters. The Labute approximate surface area is 185 Å². The monoisotopic (exact) mass is 434 g/mol. The molecule has 4 N–H and O–H groups in total. The first-order valence-corrected chi connectivity index (χ1v) is 10.7. The Kier molecular flexibility index (Phi) is 6.48. The predicted molar refractivity (Wildman–Crippen MR) is 121 cm³/mol. The fourth-order valence-electron chi connectivity index (χ4n) is 3.24. The summed E-state index contributed by atoms with van der Waals surface area (Å²) in [6.07, 6.45) is 9.89. The molecule has 2 aliphatic rings. The van der Waals surface area contributed by atoms with Crippen LogP contribution in [0.2, 0.25) is 0 Å². The number of hydrogen-bond donors (Lipinski definition) is 4. The molecule has 32 heavy (non-hydrogen) atoms. The molecule has 0 aromatic carbocycles.